The van der Waals surface area contributed by atoms with Gasteiger partial charge < -0.3 is 24.8 Å². The Kier molecular flexibility index (Phi) is 3.81. The molecule has 0 aliphatic carbocycles. The standard InChI is InChI=1S/C19H15F2N3O3/c1-24(2)9-3-4-10-13(5-9)27-19(23)12(7-22)15(10)11-6-14-16(20)17(21)18(11)26-8-25-14/h3-6,15H,8,23H2,1-2H3. The van der Waals surface area contributed by atoms with Crippen molar-refractivity contribution in [3.8, 4) is 23.3 Å². The van der Waals surface area contributed by atoms with Crippen LogP contribution in [0.3, 0.4) is 0 Å². The lowest BCUT2D eigenvalue weighted by Gasteiger charge is -2.28. The van der Waals surface area contributed by atoms with E-state index in [9.17, 15) is 14.0 Å². The Balaban J connectivity index is 1.97. The number of nitrogens with two attached hydrogens (primary N) is 1. The summed E-state index contributed by atoms with van der Waals surface area (Å²) in [4.78, 5) is 1.88. The van der Waals surface area contributed by atoms with Crippen LogP contribution in [0.25, 0.3) is 0 Å². The molecular formula is C19H15F2N3O3. The molecule has 2 bridgehead atoms. The highest BCUT2D eigenvalue weighted by atomic mass is 19.2. The molecule has 8 heteroatoms. The predicted octanol–water partition coefficient (Wildman–Crippen LogP) is 2.98. The third kappa shape index (κ3) is 2.51. The van der Waals surface area contributed by atoms with Gasteiger partial charge in [0.05, 0.1) is 5.92 Å². The van der Waals surface area contributed by atoms with Crippen LogP contribution in [0.5, 0.6) is 17.2 Å². The number of benzene rings is 2. The summed E-state index contributed by atoms with van der Waals surface area (Å²) in [6, 6.07) is 8.72. The topological polar surface area (TPSA) is 80.7 Å². The number of nitrogens with zero attached hydrogens (tertiary/aromatic N) is 2. The van der Waals surface area contributed by atoms with Gasteiger partial charge in [0.2, 0.25) is 24.3 Å². The molecule has 2 N–H and O–H groups in total. The molecule has 0 aromatic heterocycles. The molecule has 3 aliphatic rings. The summed E-state index contributed by atoms with van der Waals surface area (Å²) in [7, 11) is 3.74. The number of fused-ring (bicyclic) bond motifs is 5. The molecule has 2 aromatic rings. The molecule has 0 saturated carbocycles. The van der Waals surface area contributed by atoms with Gasteiger partial charge >= 0.3 is 0 Å². The van der Waals surface area contributed by atoms with Crippen LogP contribution in [0.1, 0.15) is 17.0 Å². The minimum Gasteiger partial charge on any atom is -0.454 e. The largest absolute Gasteiger partial charge is 0.454 e. The van der Waals surface area contributed by atoms with Crippen LogP contribution in [-0.2, 0) is 0 Å². The van der Waals surface area contributed by atoms with E-state index in [0.29, 0.717) is 11.3 Å². The van der Waals surface area contributed by atoms with Gasteiger partial charge in [0.15, 0.2) is 11.5 Å². The maximum Gasteiger partial charge on any atom is 0.231 e. The normalized spacial score (nSPS) is 17.2. The first kappa shape index (κ1) is 17.0. The number of hydrogen-bond donors (Lipinski definition) is 1. The lowest BCUT2D eigenvalue weighted by atomic mass is 9.82. The zero-order valence-corrected chi connectivity index (χ0v) is 14.5. The Morgan fingerprint density at radius 1 is 1.11 bits per heavy atom. The SMILES string of the molecule is CN(C)c1ccc2c(c1)OC(N)=C(C#N)C2c1cc2c(F)c(F)c1OCO2. The van der Waals surface area contributed by atoms with Gasteiger partial charge in [-0.3, -0.25) is 0 Å². The molecule has 27 heavy (non-hydrogen) atoms. The predicted molar refractivity (Wildman–Crippen MR) is 92.5 cm³/mol. The van der Waals surface area contributed by atoms with E-state index in [2.05, 4.69) is 0 Å². The number of halogens is 2. The van der Waals surface area contributed by atoms with Gasteiger partial charge in [-0.05, 0) is 12.1 Å². The summed E-state index contributed by atoms with van der Waals surface area (Å²) < 4.78 is 44.4. The van der Waals surface area contributed by atoms with E-state index < -0.39 is 17.6 Å². The van der Waals surface area contributed by atoms with Crippen molar-refractivity contribution in [2.45, 2.75) is 5.92 Å². The summed E-state index contributed by atoms with van der Waals surface area (Å²) >= 11 is 0. The molecule has 5 rings (SSSR count). The van der Waals surface area contributed by atoms with Crippen molar-refractivity contribution in [1.82, 2.24) is 0 Å². The second-order valence-electron chi connectivity index (χ2n) is 6.37. The highest BCUT2D eigenvalue weighted by Gasteiger charge is 2.36. The first-order chi connectivity index (χ1) is 12.9. The van der Waals surface area contributed by atoms with Crippen molar-refractivity contribution in [2.24, 2.45) is 5.73 Å². The smallest absolute Gasteiger partial charge is 0.231 e. The van der Waals surface area contributed by atoms with Gasteiger partial charge in [0, 0.05) is 37.0 Å². The average Bonchev–Trinajstić information content (AvgIpc) is 2.94. The molecule has 1 atom stereocenters. The first-order valence-corrected chi connectivity index (χ1v) is 8.08. The van der Waals surface area contributed by atoms with E-state index in [1.165, 1.54) is 6.07 Å². The van der Waals surface area contributed by atoms with Crippen LogP contribution in [-0.4, -0.2) is 20.9 Å². The lowest BCUT2D eigenvalue weighted by molar-refractivity contribution is 0.122. The van der Waals surface area contributed by atoms with Crippen LogP contribution >= 0.6 is 0 Å². The fourth-order valence-electron chi connectivity index (χ4n) is 3.26. The summed E-state index contributed by atoms with van der Waals surface area (Å²) in [5.74, 6) is -3.31. The summed E-state index contributed by atoms with van der Waals surface area (Å²) in [5.41, 5.74) is 7.74. The number of allylic oxidation sites excluding steroid dienone is 1. The Hall–Kier alpha value is -3.47. The maximum absolute atomic E-state index is 14.4. The van der Waals surface area contributed by atoms with Crippen LogP contribution in [0.2, 0.25) is 0 Å². The third-order valence-corrected chi connectivity index (χ3v) is 4.60. The number of rotatable bonds is 2. The highest BCUT2D eigenvalue weighted by Crippen LogP contribution is 2.48. The minimum absolute atomic E-state index is 0.0869. The molecule has 1 unspecified atom stereocenters. The summed E-state index contributed by atoms with van der Waals surface area (Å²) in [6.45, 7) is -0.331. The monoisotopic (exact) mass is 371 g/mol. The van der Waals surface area contributed by atoms with Crippen molar-refractivity contribution >= 4 is 5.69 Å². The van der Waals surface area contributed by atoms with Crippen molar-refractivity contribution in [1.29, 1.82) is 5.26 Å². The van der Waals surface area contributed by atoms with Crippen molar-refractivity contribution < 1.29 is 23.0 Å². The van der Waals surface area contributed by atoms with Gasteiger partial charge in [0.1, 0.15) is 17.4 Å². The molecule has 3 heterocycles. The number of nitriles is 1. The van der Waals surface area contributed by atoms with E-state index in [1.54, 1.807) is 12.1 Å². The van der Waals surface area contributed by atoms with Gasteiger partial charge in [0.25, 0.3) is 0 Å². The Morgan fingerprint density at radius 2 is 1.89 bits per heavy atom. The zero-order valence-electron chi connectivity index (χ0n) is 14.5. The first-order valence-electron chi connectivity index (χ1n) is 8.08. The van der Waals surface area contributed by atoms with Crippen molar-refractivity contribution in [3.05, 3.63) is 58.5 Å². The van der Waals surface area contributed by atoms with Gasteiger partial charge in [-0.1, -0.05) is 6.07 Å². The Morgan fingerprint density at radius 3 is 2.59 bits per heavy atom. The minimum atomic E-state index is -1.16. The van der Waals surface area contributed by atoms with Crippen LogP contribution in [0.4, 0.5) is 14.5 Å². The molecule has 0 spiro atoms. The fraction of sp³-hybridized carbons (Fsp3) is 0.211. The van der Waals surface area contributed by atoms with E-state index in [4.69, 9.17) is 19.9 Å². The van der Waals surface area contributed by atoms with Gasteiger partial charge in [-0.2, -0.15) is 14.0 Å². The fourth-order valence-corrected chi connectivity index (χ4v) is 3.26. The second kappa shape index (κ2) is 6.06. The molecule has 0 fully saturated rings. The molecule has 2 aromatic carbocycles. The maximum atomic E-state index is 14.4. The van der Waals surface area contributed by atoms with Crippen LogP contribution < -0.4 is 24.8 Å². The van der Waals surface area contributed by atoms with Gasteiger partial charge in [-0.15, -0.1) is 0 Å². The third-order valence-electron chi connectivity index (χ3n) is 4.60. The molecule has 0 amide bonds. The molecule has 0 radical (unpaired) electrons. The van der Waals surface area contributed by atoms with Crippen LogP contribution in [0, 0.1) is 23.0 Å². The molecule has 3 aliphatic heterocycles. The lowest BCUT2D eigenvalue weighted by Crippen LogP contribution is -2.22. The second-order valence-corrected chi connectivity index (χ2v) is 6.37. The van der Waals surface area contributed by atoms with E-state index in [1.807, 2.05) is 31.1 Å². The Bertz CT molecular complexity index is 1030. The number of hydrogen-bond acceptors (Lipinski definition) is 6. The van der Waals surface area contributed by atoms with Crippen molar-refractivity contribution in [3.63, 3.8) is 0 Å². The van der Waals surface area contributed by atoms with E-state index in [-0.39, 0.29) is 35.3 Å². The number of anilines is 1. The van der Waals surface area contributed by atoms with Gasteiger partial charge in [-0.25, -0.2) is 0 Å². The summed E-state index contributed by atoms with van der Waals surface area (Å²) in [5, 5.41) is 9.62. The quantitative estimate of drug-likeness (QED) is 0.874. The average molecular weight is 371 g/mol. The summed E-state index contributed by atoms with van der Waals surface area (Å²) in [6.07, 6.45) is 0. The molecule has 0 saturated heterocycles. The molecular weight excluding hydrogens is 356 g/mol. The highest BCUT2D eigenvalue weighted by molar-refractivity contribution is 5.63. The van der Waals surface area contributed by atoms with E-state index >= 15 is 0 Å². The zero-order chi connectivity index (χ0) is 19.3. The number of ether oxygens (including phenoxy) is 3. The van der Waals surface area contributed by atoms with Crippen molar-refractivity contribution in [2.75, 3.05) is 25.8 Å². The molecule has 6 nitrogen and oxygen atoms in total. The molecule has 138 valence electrons. The van der Waals surface area contributed by atoms with Crippen LogP contribution in [0.15, 0.2) is 35.7 Å². The Labute approximate surface area is 154 Å². The van der Waals surface area contributed by atoms with E-state index in [0.717, 1.165) is 5.69 Å².